The van der Waals surface area contributed by atoms with Gasteiger partial charge in [0.05, 0.1) is 12.8 Å². The summed E-state index contributed by atoms with van der Waals surface area (Å²) in [6.45, 7) is 1.68. The second-order valence-electron chi connectivity index (χ2n) is 3.74. The lowest BCUT2D eigenvalue weighted by molar-refractivity contribution is -0.139. The molecule has 0 heterocycles. The van der Waals surface area contributed by atoms with Crippen LogP contribution in [0.5, 0.6) is 5.75 Å². The van der Waals surface area contributed by atoms with E-state index in [1.165, 1.54) is 7.11 Å². The fourth-order valence-corrected chi connectivity index (χ4v) is 1.73. The van der Waals surface area contributed by atoms with Crippen molar-refractivity contribution >= 4 is 33.6 Å². The number of methoxy groups -OCH3 is 1. The van der Waals surface area contributed by atoms with Crippen molar-refractivity contribution in [1.29, 1.82) is 0 Å². The summed E-state index contributed by atoms with van der Waals surface area (Å²) in [7, 11) is 1.52. The molecule has 1 aromatic rings. The lowest BCUT2D eigenvalue weighted by atomic mass is 10.2. The maximum Gasteiger partial charge on any atom is 0.326 e. The van der Waals surface area contributed by atoms with Crippen molar-refractivity contribution < 1.29 is 19.4 Å². The summed E-state index contributed by atoms with van der Waals surface area (Å²) < 4.78 is 5.72. The van der Waals surface area contributed by atoms with Crippen molar-refractivity contribution in [2.24, 2.45) is 0 Å². The highest BCUT2D eigenvalue weighted by Gasteiger charge is 2.17. The van der Waals surface area contributed by atoms with E-state index >= 15 is 0 Å². The van der Waals surface area contributed by atoms with Gasteiger partial charge in [-0.25, -0.2) is 9.59 Å². The molecule has 1 atom stereocenters. The Morgan fingerprint density at radius 2 is 2.16 bits per heavy atom. The summed E-state index contributed by atoms with van der Waals surface area (Å²) >= 11 is 3.29. The predicted octanol–water partition coefficient (Wildman–Crippen LogP) is 2.44. The van der Waals surface area contributed by atoms with Gasteiger partial charge in [0.1, 0.15) is 11.8 Å². The first kappa shape index (κ1) is 15.3. The molecule has 0 aliphatic heterocycles. The topological polar surface area (TPSA) is 87.7 Å². The van der Waals surface area contributed by atoms with E-state index in [4.69, 9.17) is 9.84 Å². The highest BCUT2D eigenvalue weighted by molar-refractivity contribution is 9.10. The number of carboxylic acid groups (broad SMARTS) is 1. The van der Waals surface area contributed by atoms with E-state index in [0.717, 1.165) is 0 Å². The third-order valence-corrected chi connectivity index (χ3v) is 3.12. The number of carbonyl (C=O) groups excluding carboxylic acids is 1. The number of aliphatic carboxylic acids is 1. The lowest BCUT2D eigenvalue weighted by Crippen LogP contribution is -2.42. The molecular weight excluding hydrogens is 316 g/mol. The molecule has 0 bridgehead atoms. The Kier molecular flexibility index (Phi) is 5.62. The summed E-state index contributed by atoms with van der Waals surface area (Å²) in [6.07, 6.45) is 0.308. The Labute approximate surface area is 119 Å². The molecular formula is C12H15BrN2O4. The number of urea groups is 1. The van der Waals surface area contributed by atoms with Crippen LogP contribution >= 0.6 is 15.9 Å². The molecule has 1 rings (SSSR count). The van der Waals surface area contributed by atoms with Gasteiger partial charge in [0, 0.05) is 10.5 Å². The van der Waals surface area contributed by atoms with Crippen LogP contribution in [-0.2, 0) is 4.79 Å². The number of amides is 2. The summed E-state index contributed by atoms with van der Waals surface area (Å²) in [4.78, 5) is 22.5. The number of rotatable bonds is 5. The second kappa shape index (κ2) is 6.98. The van der Waals surface area contributed by atoms with Crippen LogP contribution in [0.25, 0.3) is 0 Å². The highest BCUT2D eigenvalue weighted by Crippen LogP contribution is 2.26. The molecule has 3 N–H and O–H groups in total. The van der Waals surface area contributed by atoms with Crippen LogP contribution in [0, 0.1) is 0 Å². The number of carboxylic acids is 1. The molecule has 19 heavy (non-hydrogen) atoms. The summed E-state index contributed by atoms with van der Waals surface area (Å²) in [5.41, 5.74) is 0.497. The van der Waals surface area contributed by atoms with Gasteiger partial charge in [-0.15, -0.1) is 0 Å². The molecule has 0 aromatic heterocycles. The van der Waals surface area contributed by atoms with Crippen LogP contribution in [-0.4, -0.2) is 30.3 Å². The zero-order valence-corrected chi connectivity index (χ0v) is 12.2. The number of halogens is 1. The van der Waals surface area contributed by atoms with Crippen LogP contribution in [0.2, 0.25) is 0 Å². The normalized spacial score (nSPS) is 11.5. The van der Waals surface area contributed by atoms with Crippen molar-refractivity contribution in [3.8, 4) is 5.75 Å². The molecule has 1 aromatic carbocycles. The minimum absolute atomic E-state index is 0.308. The fourth-order valence-electron chi connectivity index (χ4n) is 1.38. The minimum atomic E-state index is -1.07. The van der Waals surface area contributed by atoms with E-state index in [9.17, 15) is 9.59 Å². The maximum atomic E-state index is 11.7. The first-order chi connectivity index (χ1) is 8.97. The van der Waals surface area contributed by atoms with Crippen LogP contribution in [0.1, 0.15) is 13.3 Å². The number of benzene rings is 1. The van der Waals surface area contributed by atoms with E-state index < -0.39 is 18.0 Å². The predicted molar refractivity (Wildman–Crippen MR) is 74.6 cm³/mol. The largest absolute Gasteiger partial charge is 0.497 e. The number of hydrogen-bond acceptors (Lipinski definition) is 3. The third-order valence-electron chi connectivity index (χ3n) is 2.43. The van der Waals surface area contributed by atoms with Crippen molar-refractivity contribution in [2.75, 3.05) is 12.4 Å². The molecule has 6 nitrogen and oxygen atoms in total. The molecule has 7 heteroatoms. The van der Waals surface area contributed by atoms with Gasteiger partial charge in [0.2, 0.25) is 0 Å². The summed E-state index contributed by atoms with van der Waals surface area (Å²) in [5.74, 6) is -0.480. The van der Waals surface area contributed by atoms with E-state index in [1.54, 1.807) is 25.1 Å². The monoisotopic (exact) mass is 330 g/mol. The molecule has 0 saturated carbocycles. The molecule has 1 unspecified atom stereocenters. The van der Waals surface area contributed by atoms with Crippen LogP contribution < -0.4 is 15.4 Å². The number of hydrogen-bond donors (Lipinski definition) is 3. The van der Waals surface area contributed by atoms with Crippen molar-refractivity contribution in [2.45, 2.75) is 19.4 Å². The molecule has 0 radical (unpaired) electrons. The summed E-state index contributed by atoms with van der Waals surface area (Å²) in [6, 6.07) is 3.60. The maximum absolute atomic E-state index is 11.7. The minimum Gasteiger partial charge on any atom is -0.497 e. The average Bonchev–Trinajstić information content (AvgIpc) is 2.38. The molecule has 0 aliphatic carbocycles. The molecule has 0 saturated heterocycles. The third kappa shape index (κ3) is 4.44. The number of nitrogens with one attached hydrogen (secondary N) is 2. The molecule has 2 amide bonds. The van der Waals surface area contributed by atoms with Gasteiger partial charge >= 0.3 is 12.0 Å². The standard InChI is InChI=1S/C12H15BrN2O4/c1-3-9(11(16)17)14-12(18)15-10-6-7(19-2)4-5-8(10)13/h4-6,9H,3H2,1-2H3,(H,16,17)(H2,14,15,18). The number of ether oxygens (including phenoxy) is 1. The molecule has 0 spiro atoms. The van der Waals surface area contributed by atoms with Crippen LogP contribution in [0.4, 0.5) is 10.5 Å². The molecule has 0 fully saturated rings. The zero-order valence-electron chi connectivity index (χ0n) is 10.6. The lowest BCUT2D eigenvalue weighted by Gasteiger charge is -2.14. The van der Waals surface area contributed by atoms with Crippen molar-refractivity contribution in [3.63, 3.8) is 0 Å². The van der Waals surface area contributed by atoms with Crippen LogP contribution in [0.15, 0.2) is 22.7 Å². The van der Waals surface area contributed by atoms with E-state index in [1.807, 2.05) is 0 Å². The zero-order chi connectivity index (χ0) is 14.4. The Balaban J connectivity index is 2.73. The van der Waals surface area contributed by atoms with E-state index in [-0.39, 0.29) is 0 Å². The SMILES string of the molecule is CCC(NC(=O)Nc1cc(OC)ccc1Br)C(=O)O. The van der Waals surface area contributed by atoms with Gasteiger partial charge in [-0.3, -0.25) is 0 Å². The Hall–Kier alpha value is -1.76. The Morgan fingerprint density at radius 3 is 2.68 bits per heavy atom. The Bertz CT molecular complexity index is 479. The van der Waals surface area contributed by atoms with Crippen molar-refractivity contribution in [1.82, 2.24) is 5.32 Å². The highest BCUT2D eigenvalue weighted by atomic mass is 79.9. The smallest absolute Gasteiger partial charge is 0.326 e. The van der Waals surface area contributed by atoms with Gasteiger partial charge in [-0.2, -0.15) is 0 Å². The molecule has 104 valence electrons. The quantitative estimate of drug-likeness (QED) is 0.773. The van der Waals surface area contributed by atoms with Crippen LogP contribution in [0.3, 0.4) is 0 Å². The van der Waals surface area contributed by atoms with Crippen molar-refractivity contribution in [3.05, 3.63) is 22.7 Å². The van der Waals surface area contributed by atoms with E-state index in [0.29, 0.717) is 22.3 Å². The van der Waals surface area contributed by atoms with Gasteiger partial charge in [0.25, 0.3) is 0 Å². The Morgan fingerprint density at radius 1 is 1.47 bits per heavy atom. The molecule has 0 aliphatic rings. The number of carbonyl (C=O) groups is 2. The number of anilines is 1. The van der Waals surface area contributed by atoms with Gasteiger partial charge < -0.3 is 20.5 Å². The average molecular weight is 331 g/mol. The van der Waals surface area contributed by atoms with Gasteiger partial charge in [-0.1, -0.05) is 6.92 Å². The summed E-state index contributed by atoms with van der Waals surface area (Å²) in [5, 5.41) is 13.8. The first-order valence-corrected chi connectivity index (χ1v) is 6.41. The van der Waals surface area contributed by atoms with E-state index in [2.05, 4.69) is 26.6 Å². The second-order valence-corrected chi connectivity index (χ2v) is 4.60. The van der Waals surface area contributed by atoms with Gasteiger partial charge in [-0.05, 0) is 34.5 Å². The fraction of sp³-hybridized carbons (Fsp3) is 0.333. The van der Waals surface area contributed by atoms with Gasteiger partial charge in [0.15, 0.2) is 0 Å². The first-order valence-electron chi connectivity index (χ1n) is 5.61.